The predicted octanol–water partition coefficient (Wildman–Crippen LogP) is 4.40. The fourth-order valence-corrected chi connectivity index (χ4v) is 3.88. The standard InChI is InChI=1S/C21H16Cl2N10O/c1-11-26-15(10-16(24)27-11)19-20(30-18-3-2-5-25-33(18)19)29-17-4-6-32(31-17)21(34)28-14-8-12(22)7-13(23)9-14/h2-10H,1H3,(H,28,34)(H,29,31)(H2,24,26,27). The third-order valence-electron chi connectivity index (χ3n) is 4.65. The quantitative estimate of drug-likeness (QED) is 0.333. The summed E-state index contributed by atoms with van der Waals surface area (Å²) in [4.78, 5) is 25.8. The van der Waals surface area contributed by atoms with Crippen LogP contribution in [-0.2, 0) is 0 Å². The summed E-state index contributed by atoms with van der Waals surface area (Å²) in [5.41, 5.74) is 8.07. The molecule has 0 atom stereocenters. The highest BCUT2D eigenvalue weighted by molar-refractivity contribution is 6.35. The first-order chi connectivity index (χ1) is 16.4. The Morgan fingerprint density at radius 1 is 1.06 bits per heavy atom. The van der Waals surface area contributed by atoms with E-state index in [0.717, 1.165) is 4.68 Å². The van der Waals surface area contributed by atoms with Crippen molar-refractivity contribution >= 4 is 58.0 Å². The van der Waals surface area contributed by atoms with E-state index in [1.165, 1.54) is 6.20 Å². The van der Waals surface area contributed by atoms with Crippen molar-refractivity contribution in [3.63, 3.8) is 0 Å². The Hall–Kier alpha value is -4.22. The molecule has 170 valence electrons. The number of halogens is 2. The Bertz CT molecular complexity index is 1500. The number of hydrogen-bond acceptors (Lipinski definition) is 8. The van der Waals surface area contributed by atoms with Crippen LogP contribution >= 0.6 is 23.2 Å². The molecule has 0 saturated heterocycles. The molecule has 0 unspecified atom stereocenters. The van der Waals surface area contributed by atoms with Crippen LogP contribution in [0.2, 0.25) is 10.0 Å². The van der Waals surface area contributed by atoms with Gasteiger partial charge < -0.3 is 16.4 Å². The van der Waals surface area contributed by atoms with Crippen molar-refractivity contribution < 1.29 is 4.79 Å². The maximum Gasteiger partial charge on any atom is 0.346 e. The van der Waals surface area contributed by atoms with Crippen LogP contribution in [-0.4, -0.2) is 40.4 Å². The van der Waals surface area contributed by atoms with Crippen LogP contribution in [0.1, 0.15) is 5.82 Å². The molecule has 0 spiro atoms. The van der Waals surface area contributed by atoms with Gasteiger partial charge in [0.1, 0.15) is 17.3 Å². The molecule has 0 fully saturated rings. The first-order valence-corrected chi connectivity index (χ1v) is 10.7. The summed E-state index contributed by atoms with van der Waals surface area (Å²) >= 11 is 12.0. The SMILES string of the molecule is Cc1nc(N)cc(-c2c(Nc3ccn(C(=O)Nc4cc(Cl)cc(Cl)c4)n3)nc3cccnn23)n1. The van der Waals surface area contributed by atoms with Gasteiger partial charge in [0.2, 0.25) is 0 Å². The number of aromatic nitrogens is 7. The molecule has 0 saturated carbocycles. The lowest BCUT2D eigenvalue weighted by atomic mass is 10.3. The molecule has 11 nitrogen and oxygen atoms in total. The number of rotatable bonds is 4. The summed E-state index contributed by atoms with van der Waals surface area (Å²) in [6.45, 7) is 1.75. The molecule has 5 aromatic rings. The molecule has 1 amide bonds. The predicted molar refractivity (Wildman–Crippen MR) is 130 cm³/mol. The van der Waals surface area contributed by atoms with Crippen molar-refractivity contribution in [2.24, 2.45) is 0 Å². The van der Waals surface area contributed by atoms with Gasteiger partial charge in [-0.1, -0.05) is 23.2 Å². The Labute approximate surface area is 202 Å². The van der Waals surface area contributed by atoms with Crippen molar-refractivity contribution in [1.29, 1.82) is 0 Å². The van der Waals surface area contributed by atoms with E-state index in [1.807, 2.05) is 0 Å². The van der Waals surface area contributed by atoms with Crippen molar-refractivity contribution in [2.75, 3.05) is 16.4 Å². The number of imidazole rings is 1. The van der Waals surface area contributed by atoms with Crippen LogP contribution in [0, 0.1) is 6.92 Å². The summed E-state index contributed by atoms with van der Waals surface area (Å²) < 4.78 is 2.77. The molecule has 0 aliphatic carbocycles. The van der Waals surface area contributed by atoms with E-state index in [9.17, 15) is 4.79 Å². The van der Waals surface area contributed by atoms with E-state index in [1.54, 1.807) is 60.1 Å². The number of aryl methyl sites for hydroxylation is 1. The lowest BCUT2D eigenvalue weighted by Crippen LogP contribution is -2.20. The average Bonchev–Trinajstić information content (AvgIpc) is 3.37. The molecular formula is C21H16Cl2N10O. The average molecular weight is 495 g/mol. The first-order valence-electron chi connectivity index (χ1n) is 9.91. The number of benzene rings is 1. The molecule has 5 rings (SSSR count). The molecule has 4 aromatic heterocycles. The van der Waals surface area contributed by atoms with Crippen molar-refractivity contribution in [2.45, 2.75) is 6.92 Å². The smallest absolute Gasteiger partial charge is 0.346 e. The fourth-order valence-electron chi connectivity index (χ4n) is 3.35. The van der Waals surface area contributed by atoms with Crippen LogP contribution in [0.4, 0.5) is 27.9 Å². The minimum Gasteiger partial charge on any atom is -0.384 e. The van der Waals surface area contributed by atoms with E-state index in [2.05, 4.69) is 35.8 Å². The molecule has 0 radical (unpaired) electrons. The molecule has 34 heavy (non-hydrogen) atoms. The third-order valence-corrected chi connectivity index (χ3v) is 5.09. The molecule has 13 heteroatoms. The topological polar surface area (TPSA) is 141 Å². The Morgan fingerprint density at radius 3 is 2.62 bits per heavy atom. The summed E-state index contributed by atoms with van der Waals surface area (Å²) in [7, 11) is 0. The number of nitrogens with two attached hydrogens (primary N) is 1. The van der Waals surface area contributed by atoms with E-state index in [4.69, 9.17) is 28.9 Å². The van der Waals surface area contributed by atoms with Gasteiger partial charge >= 0.3 is 6.03 Å². The highest BCUT2D eigenvalue weighted by atomic mass is 35.5. The monoisotopic (exact) mass is 494 g/mol. The third kappa shape index (κ3) is 4.34. The van der Waals surface area contributed by atoms with Gasteiger partial charge in [0.25, 0.3) is 0 Å². The second kappa shape index (κ2) is 8.61. The minimum atomic E-state index is -0.498. The van der Waals surface area contributed by atoms with Crippen LogP contribution in [0.15, 0.2) is 54.9 Å². The van der Waals surface area contributed by atoms with Crippen LogP contribution in [0.5, 0.6) is 0 Å². The van der Waals surface area contributed by atoms with E-state index in [0.29, 0.717) is 56.0 Å². The van der Waals surface area contributed by atoms with Crippen molar-refractivity contribution in [3.8, 4) is 11.4 Å². The van der Waals surface area contributed by atoms with Crippen LogP contribution in [0.25, 0.3) is 17.0 Å². The van der Waals surface area contributed by atoms with Crippen LogP contribution < -0.4 is 16.4 Å². The largest absolute Gasteiger partial charge is 0.384 e. The number of hydrogen-bond donors (Lipinski definition) is 3. The number of anilines is 4. The highest BCUT2D eigenvalue weighted by Gasteiger charge is 2.19. The number of carbonyl (C=O) groups excluding carboxylic acids is 1. The number of carbonyl (C=O) groups is 1. The Morgan fingerprint density at radius 2 is 1.85 bits per heavy atom. The van der Waals surface area contributed by atoms with Gasteiger partial charge in [0, 0.05) is 40.3 Å². The van der Waals surface area contributed by atoms with E-state index in [-0.39, 0.29) is 0 Å². The lowest BCUT2D eigenvalue weighted by molar-refractivity contribution is 0.251. The summed E-state index contributed by atoms with van der Waals surface area (Å²) in [5, 5.41) is 15.3. The summed E-state index contributed by atoms with van der Waals surface area (Å²) in [5.74, 6) is 1.64. The number of nitrogens with zero attached hydrogens (tertiary/aromatic N) is 7. The highest BCUT2D eigenvalue weighted by Crippen LogP contribution is 2.30. The maximum atomic E-state index is 12.6. The van der Waals surface area contributed by atoms with Gasteiger partial charge in [-0.05, 0) is 37.3 Å². The number of amides is 1. The number of fused-ring (bicyclic) bond motifs is 1. The molecular weight excluding hydrogens is 479 g/mol. The summed E-state index contributed by atoms with van der Waals surface area (Å²) in [6.07, 6.45) is 3.14. The molecule has 0 aliphatic heterocycles. The van der Waals surface area contributed by atoms with E-state index >= 15 is 0 Å². The molecule has 1 aromatic carbocycles. The van der Waals surface area contributed by atoms with E-state index < -0.39 is 6.03 Å². The molecule has 4 N–H and O–H groups in total. The maximum absolute atomic E-state index is 12.6. The van der Waals surface area contributed by atoms with Gasteiger partial charge in [0.05, 0.1) is 5.69 Å². The number of nitrogen functional groups attached to an aromatic ring is 1. The molecule has 0 aliphatic rings. The van der Waals surface area contributed by atoms with Gasteiger partial charge in [-0.3, -0.25) is 0 Å². The fraction of sp³-hybridized carbons (Fsp3) is 0.0476. The minimum absolute atomic E-state index is 0.321. The first kappa shape index (κ1) is 21.6. The van der Waals surface area contributed by atoms with Gasteiger partial charge in [-0.2, -0.15) is 9.78 Å². The number of nitrogens with one attached hydrogen (secondary N) is 2. The zero-order valence-corrected chi connectivity index (χ0v) is 19.1. The normalized spacial score (nSPS) is 11.0. The second-order valence-corrected chi connectivity index (χ2v) is 8.06. The van der Waals surface area contributed by atoms with Crippen LogP contribution in [0.3, 0.4) is 0 Å². The lowest BCUT2D eigenvalue weighted by Gasteiger charge is -2.07. The Balaban J connectivity index is 1.46. The summed E-state index contributed by atoms with van der Waals surface area (Å²) in [6, 6.07) is 11.1. The van der Waals surface area contributed by atoms with Gasteiger partial charge in [-0.15, -0.1) is 5.10 Å². The van der Waals surface area contributed by atoms with Gasteiger partial charge in [-0.25, -0.2) is 24.3 Å². The van der Waals surface area contributed by atoms with Gasteiger partial charge in [0.15, 0.2) is 17.3 Å². The second-order valence-electron chi connectivity index (χ2n) is 7.19. The molecule has 4 heterocycles. The zero-order valence-electron chi connectivity index (χ0n) is 17.6. The Kier molecular flexibility index (Phi) is 5.48. The molecule has 0 bridgehead atoms. The zero-order chi connectivity index (χ0) is 23.8. The van der Waals surface area contributed by atoms with Crippen molar-refractivity contribution in [3.05, 3.63) is 70.7 Å². The van der Waals surface area contributed by atoms with Crippen molar-refractivity contribution in [1.82, 2.24) is 34.3 Å².